The lowest BCUT2D eigenvalue weighted by Crippen LogP contribution is -2.64. The minimum atomic E-state index is -2.11. The molecule has 2 aromatic rings. The van der Waals surface area contributed by atoms with Crippen molar-refractivity contribution in [3.63, 3.8) is 0 Å². The first kappa shape index (κ1) is 36.0. The SMILES string of the molecule is CO[C@@H](C)OCC(=O)N[C@H](C)C(=O)N[C@H](C)C(=O)N[C@]1(N)CC(=O)N(c2ccc(COC(=O)Oc3ccc([N+](=O)[O-])cc3)cc2)C1=O. The normalized spacial score (nSPS) is 17.7. The Hall–Kier alpha value is -5.46. The average Bonchev–Trinajstić information content (AvgIpc) is 3.25. The Morgan fingerprint density at radius 2 is 1.60 bits per heavy atom. The quantitative estimate of drug-likeness (QED) is 0.0535. The van der Waals surface area contributed by atoms with E-state index in [0.29, 0.717) is 5.56 Å². The van der Waals surface area contributed by atoms with E-state index in [1.807, 2.05) is 0 Å². The Morgan fingerprint density at radius 3 is 2.19 bits per heavy atom. The summed E-state index contributed by atoms with van der Waals surface area (Å²) in [4.78, 5) is 86.2. The number of nitro benzene ring substituents is 1. The van der Waals surface area contributed by atoms with E-state index in [9.17, 15) is 38.9 Å². The van der Waals surface area contributed by atoms with Gasteiger partial charge in [-0.25, -0.2) is 9.69 Å². The molecule has 1 fully saturated rings. The van der Waals surface area contributed by atoms with Crippen molar-refractivity contribution in [2.24, 2.45) is 5.73 Å². The molecule has 0 radical (unpaired) electrons. The van der Waals surface area contributed by atoms with E-state index in [1.54, 1.807) is 6.92 Å². The molecule has 18 heteroatoms. The second-order valence-electron chi connectivity index (χ2n) is 10.4. The van der Waals surface area contributed by atoms with E-state index in [2.05, 4.69) is 16.0 Å². The zero-order valence-corrected chi connectivity index (χ0v) is 25.8. The van der Waals surface area contributed by atoms with Crippen LogP contribution in [0.1, 0.15) is 32.8 Å². The molecule has 1 aliphatic rings. The molecule has 3 rings (SSSR count). The van der Waals surface area contributed by atoms with Gasteiger partial charge in [0.25, 0.3) is 11.6 Å². The van der Waals surface area contributed by atoms with Gasteiger partial charge in [0.05, 0.1) is 17.0 Å². The molecular weight excluding hydrogens is 624 g/mol. The number of carbonyl (C=O) groups is 6. The summed E-state index contributed by atoms with van der Waals surface area (Å²) >= 11 is 0. The number of benzene rings is 2. The van der Waals surface area contributed by atoms with Gasteiger partial charge in [0, 0.05) is 19.2 Å². The molecule has 252 valence electrons. The van der Waals surface area contributed by atoms with Crippen molar-refractivity contribution in [2.45, 2.75) is 57.8 Å². The number of nitrogens with one attached hydrogen (secondary N) is 3. The Balaban J connectivity index is 1.51. The van der Waals surface area contributed by atoms with E-state index in [4.69, 9.17) is 24.7 Å². The Morgan fingerprint density at radius 1 is 0.979 bits per heavy atom. The smallest absolute Gasteiger partial charge is 0.429 e. The van der Waals surface area contributed by atoms with E-state index in [0.717, 1.165) is 17.0 Å². The molecule has 47 heavy (non-hydrogen) atoms. The highest BCUT2D eigenvalue weighted by Crippen LogP contribution is 2.27. The molecule has 4 atom stereocenters. The molecule has 0 spiro atoms. The molecule has 5 amide bonds. The van der Waals surface area contributed by atoms with Crippen LogP contribution in [0.2, 0.25) is 0 Å². The van der Waals surface area contributed by atoms with Crippen LogP contribution in [0.4, 0.5) is 16.2 Å². The number of carbonyl (C=O) groups excluding carboxylic acids is 6. The van der Waals surface area contributed by atoms with Gasteiger partial charge in [0.15, 0.2) is 12.0 Å². The van der Waals surface area contributed by atoms with Crippen LogP contribution in [0.5, 0.6) is 5.75 Å². The van der Waals surface area contributed by atoms with E-state index >= 15 is 0 Å². The molecule has 0 unspecified atom stereocenters. The number of nitrogens with two attached hydrogens (primary N) is 1. The topological polar surface area (TPSA) is 248 Å². The van der Waals surface area contributed by atoms with Crippen LogP contribution in [-0.2, 0) is 44.8 Å². The summed E-state index contributed by atoms with van der Waals surface area (Å²) in [6, 6.07) is 8.33. The van der Waals surface area contributed by atoms with Crippen LogP contribution in [0.25, 0.3) is 0 Å². The number of ether oxygens (including phenoxy) is 4. The predicted molar refractivity (Wildman–Crippen MR) is 160 cm³/mol. The lowest BCUT2D eigenvalue weighted by Gasteiger charge is -2.26. The van der Waals surface area contributed by atoms with Crippen molar-refractivity contribution >= 4 is 47.1 Å². The number of nitro groups is 1. The first-order valence-electron chi connectivity index (χ1n) is 14.0. The lowest BCUT2D eigenvalue weighted by atomic mass is 10.1. The maximum absolute atomic E-state index is 13.2. The van der Waals surface area contributed by atoms with Gasteiger partial charge in [-0.3, -0.25) is 34.1 Å². The molecule has 1 heterocycles. The van der Waals surface area contributed by atoms with Gasteiger partial charge in [-0.2, -0.15) is 0 Å². The Labute approximate surface area is 268 Å². The second kappa shape index (κ2) is 15.7. The summed E-state index contributed by atoms with van der Waals surface area (Å²) in [5, 5.41) is 17.9. The minimum Gasteiger partial charge on any atom is -0.429 e. The molecule has 0 bridgehead atoms. The van der Waals surface area contributed by atoms with E-state index in [1.165, 1.54) is 57.4 Å². The monoisotopic (exact) mass is 658 g/mol. The highest BCUT2D eigenvalue weighted by molar-refractivity contribution is 6.24. The fraction of sp³-hybridized carbons (Fsp3) is 0.379. The van der Waals surface area contributed by atoms with E-state index < -0.39 is 71.1 Å². The number of methoxy groups -OCH3 is 1. The molecule has 1 saturated heterocycles. The van der Waals surface area contributed by atoms with E-state index in [-0.39, 0.29) is 30.3 Å². The molecule has 0 aromatic heterocycles. The molecule has 0 saturated carbocycles. The van der Waals surface area contributed by atoms with Gasteiger partial charge >= 0.3 is 6.16 Å². The van der Waals surface area contributed by atoms with Gasteiger partial charge in [-0.05, 0) is 50.6 Å². The molecule has 1 aliphatic heterocycles. The Bertz CT molecular complexity index is 1520. The van der Waals surface area contributed by atoms with Gasteiger partial charge < -0.3 is 40.6 Å². The highest BCUT2D eigenvalue weighted by Gasteiger charge is 2.51. The molecular formula is C29H34N6O12. The Kier molecular flexibility index (Phi) is 12.0. The maximum atomic E-state index is 13.2. The van der Waals surface area contributed by atoms with Gasteiger partial charge in [0.2, 0.25) is 23.6 Å². The van der Waals surface area contributed by atoms with Crippen molar-refractivity contribution in [2.75, 3.05) is 18.6 Å². The first-order chi connectivity index (χ1) is 22.1. The predicted octanol–water partition coefficient (Wildman–Crippen LogP) is 0.363. The fourth-order valence-corrected chi connectivity index (χ4v) is 4.05. The highest BCUT2D eigenvalue weighted by atomic mass is 16.7. The number of imide groups is 1. The van der Waals surface area contributed by atoms with Crippen LogP contribution >= 0.6 is 0 Å². The van der Waals surface area contributed by atoms with Gasteiger partial charge in [0.1, 0.15) is 31.0 Å². The molecule has 18 nitrogen and oxygen atoms in total. The molecule has 5 N–H and O–H groups in total. The summed E-state index contributed by atoms with van der Waals surface area (Å²) in [5.74, 6) is -3.73. The third-order valence-corrected chi connectivity index (χ3v) is 6.71. The fourth-order valence-electron chi connectivity index (χ4n) is 4.05. The van der Waals surface area contributed by atoms with Crippen molar-refractivity contribution < 1.29 is 52.6 Å². The van der Waals surface area contributed by atoms with Crippen LogP contribution in [0, 0.1) is 10.1 Å². The van der Waals surface area contributed by atoms with Crippen molar-refractivity contribution in [3.05, 3.63) is 64.2 Å². The zero-order chi connectivity index (χ0) is 34.9. The molecule has 0 aliphatic carbocycles. The summed E-state index contributed by atoms with van der Waals surface area (Å²) in [7, 11) is 1.40. The maximum Gasteiger partial charge on any atom is 0.514 e. The summed E-state index contributed by atoms with van der Waals surface area (Å²) in [6.45, 7) is 3.71. The zero-order valence-electron chi connectivity index (χ0n) is 25.8. The van der Waals surface area contributed by atoms with Crippen molar-refractivity contribution in [1.29, 1.82) is 0 Å². The number of non-ortho nitro benzene ring substituents is 1. The summed E-state index contributed by atoms with van der Waals surface area (Å²) < 4.78 is 20.0. The number of rotatable bonds is 14. The van der Waals surface area contributed by atoms with Gasteiger partial charge in [-0.15, -0.1) is 0 Å². The summed E-state index contributed by atoms with van der Waals surface area (Å²) in [5.41, 5.74) is 4.45. The number of anilines is 1. The number of nitrogens with zero attached hydrogens (tertiary/aromatic N) is 2. The average molecular weight is 659 g/mol. The van der Waals surface area contributed by atoms with Gasteiger partial charge in [-0.1, -0.05) is 12.1 Å². The number of hydrogen-bond donors (Lipinski definition) is 4. The largest absolute Gasteiger partial charge is 0.514 e. The third-order valence-electron chi connectivity index (χ3n) is 6.71. The number of hydrogen-bond acceptors (Lipinski definition) is 13. The van der Waals surface area contributed by atoms with Crippen molar-refractivity contribution in [3.8, 4) is 5.75 Å². The summed E-state index contributed by atoms with van der Waals surface area (Å²) in [6.07, 6.45) is -2.26. The van der Waals surface area contributed by atoms with Crippen LogP contribution in [-0.4, -0.2) is 78.4 Å². The van der Waals surface area contributed by atoms with Crippen LogP contribution < -0.4 is 31.3 Å². The third kappa shape index (κ3) is 9.76. The minimum absolute atomic E-state index is 0.0360. The lowest BCUT2D eigenvalue weighted by molar-refractivity contribution is -0.384. The number of amides is 5. The van der Waals surface area contributed by atoms with Crippen LogP contribution in [0.15, 0.2) is 48.5 Å². The second-order valence-corrected chi connectivity index (χ2v) is 10.4. The molecule has 2 aromatic carbocycles. The first-order valence-corrected chi connectivity index (χ1v) is 14.0. The van der Waals surface area contributed by atoms with Crippen molar-refractivity contribution in [1.82, 2.24) is 16.0 Å². The van der Waals surface area contributed by atoms with Crippen LogP contribution in [0.3, 0.4) is 0 Å². The standard InChI is InChI=1S/C29H34N6O12/c1-16(31-23(36)15-45-18(3)44-4)25(38)32-17(2)26(39)33-29(30)13-24(37)34(27(29)40)20-7-5-19(6-8-20)14-46-28(41)47-22-11-9-21(10-12-22)35(42)43/h5-12,16-18H,13-15,30H2,1-4H3,(H,31,36)(H,32,38)(H,33,39)/t16-,17-,18-,29-/m1/s1.